The van der Waals surface area contributed by atoms with Gasteiger partial charge in [0, 0.05) is 7.05 Å². The maximum absolute atomic E-state index is 6.19. The van der Waals surface area contributed by atoms with Gasteiger partial charge in [0.05, 0.1) is 24.0 Å². The highest BCUT2D eigenvalue weighted by Crippen LogP contribution is 2.24. The Hall–Kier alpha value is -2.18. The number of nitrogens with zero attached hydrogens (tertiary/aromatic N) is 6. The molecule has 0 N–H and O–H groups in total. The summed E-state index contributed by atoms with van der Waals surface area (Å²) in [7, 11) is 1.90. The van der Waals surface area contributed by atoms with Crippen LogP contribution in [0.3, 0.4) is 0 Å². The van der Waals surface area contributed by atoms with E-state index in [1.807, 2.05) is 42.4 Å². The minimum Gasteiger partial charge on any atom is -0.268 e. The standard InChI is InChI=1S/C16H14Cl2N6/c1-8-4-10-14(21-16(8)18)13(23(3)22-10)7-24-12-5-9(2)15(17)20-11(12)6-19-24/h4-6H,7H2,1-3H3. The molecule has 24 heavy (non-hydrogen) atoms. The van der Waals surface area contributed by atoms with Gasteiger partial charge in [-0.25, -0.2) is 9.97 Å². The molecular weight excluding hydrogens is 347 g/mol. The summed E-state index contributed by atoms with van der Waals surface area (Å²) in [6.45, 7) is 4.36. The van der Waals surface area contributed by atoms with E-state index in [0.717, 1.165) is 38.9 Å². The van der Waals surface area contributed by atoms with Crippen molar-refractivity contribution < 1.29 is 0 Å². The van der Waals surface area contributed by atoms with Crippen LogP contribution in [0.4, 0.5) is 0 Å². The summed E-state index contributed by atoms with van der Waals surface area (Å²) >= 11 is 12.3. The van der Waals surface area contributed by atoms with Crippen molar-refractivity contribution in [2.24, 2.45) is 7.05 Å². The fourth-order valence-electron chi connectivity index (χ4n) is 2.76. The first-order valence-electron chi connectivity index (χ1n) is 7.41. The summed E-state index contributed by atoms with van der Waals surface area (Å²) in [4.78, 5) is 8.85. The maximum atomic E-state index is 6.19. The zero-order chi connectivity index (χ0) is 17.0. The van der Waals surface area contributed by atoms with Gasteiger partial charge in [-0.1, -0.05) is 23.2 Å². The van der Waals surface area contributed by atoms with Crippen LogP contribution >= 0.6 is 23.2 Å². The van der Waals surface area contributed by atoms with Crippen molar-refractivity contribution in [3.8, 4) is 0 Å². The molecule has 4 rings (SSSR count). The molecule has 6 nitrogen and oxygen atoms in total. The molecule has 0 radical (unpaired) electrons. The van der Waals surface area contributed by atoms with Crippen molar-refractivity contribution in [1.29, 1.82) is 0 Å². The average Bonchev–Trinajstić information content (AvgIpc) is 3.03. The van der Waals surface area contributed by atoms with Crippen LogP contribution in [0.25, 0.3) is 22.1 Å². The molecule has 0 atom stereocenters. The Morgan fingerprint density at radius 3 is 2.50 bits per heavy atom. The molecule has 4 aromatic rings. The van der Waals surface area contributed by atoms with Gasteiger partial charge in [0.2, 0.25) is 0 Å². The average molecular weight is 361 g/mol. The lowest BCUT2D eigenvalue weighted by Crippen LogP contribution is -2.07. The number of pyridine rings is 2. The van der Waals surface area contributed by atoms with Crippen molar-refractivity contribution in [2.45, 2.75) is 20.4 Å². The Kier molecular flexibility index (Phi) is 3.47. The fraction of sp³-hybridized carbons (Fsp3) is 0.250. The van der Waals surface area contributed by atoms with Crippen LogP contribution in [-0.4, -0.2) is 29.5 Å². The van der Waals surface area contributed by atoms with Crippen molar-refractivity contribution in [3.63, 3.8) is 0 Å². The van der Waals surface area contributed by atoms with E-state index >= 15 is 0 Å². The van der Waals surface area contributed by atoms with E-state index in [9.17, 15) is 0 Å². The Morgan fingerprint density at radius 1 is 1.00 bits per heavy atom. The summed E-state index contributed by atoms with van der Waals surface area (Å²) in [6, 6.07) is 3.93. The first-order valence-corrected chi connectivity index (χ1v) is 8.17. The molecule has 122 valence electrons. The molecule has 8 heteroatoms. The molecule has 0 aliphatic carbocycles. The third-order valence-corrected chi connectivity index (χ3v) is 4.87. The number of hydrogen-bond donors (Lipinski definition) is 0. The van der Waals surface area contributed by atoms with Gasteiger partial charge in [-0.15, -0.1) is 0 Å². The highest BCUT2D eigenvalue weighted by molar-refractivity contribution is 6.30. The molecule has 4 aromatic heterocycles. The number of hydrogen-bond acceptors (Lipinski definition) is 4. The fourth-order valence-corrected chi connectivity index (χ4v) is 3.05. The topological polar surface area (TPSA) is 61.4 Å². The van der Waals surface area contributed by atoms with Gasteiger partial charge >= 0.3 is 0 Å². The minimum atomic E-state index is 0.492. The van der Waals surface area contributed by atoms with Crippen molar-refractivity contribution in [2.75, 3.05) is 0 Å². The van der Waals surface area contributed by atoms with E-state index in [0.29, 0.717) is 16.9 Å². The second kappa shape index (κ2) is 5.43. The number of halogens is 2. The molecule has 0 aliphatic rings. The summed E-state index contributed by atoms with van der Waals surface area (Å²) in [6.07, 6.45) is 1.71. The number of aromatic nitrogens is 6. The molecule has 0 amide bonds. The van der Waals surface area contributed by atoms with Crippen molar-refractivity contribution in [1.82, 2.24) is 29.5 Å². The summed E-state index contributed by atoms with van der Waals surface area (Å²) < 4.78 is 3.69. The van der Waals surface area contributed by atoms with Gasteiger partial charge < -0.3 is 0 Å². The van der Waals surface area contributed by atoms with E-state index in [1.54, 1.807) is 6.20 Å². The summed E-state index contributed by atoms with van der Waals surface area (Å²) in [5.74, 6) is 0. The lowest BCUT2D eigenvalue weighted by Gasteiger charge is -2.06. The molecule has 0 aromatic carbocycles. The van der Waals surface area contributed by atoms with E-state index in [4.69, 9.17) is 23.2 Å². The minimum absolute atomic E-state index is 0.492. The predicted molar refractivity (Wildman–Crippen MR) is 94.6 cm³/mol. The molecule has 0 saturated heterocycles. The zero-order valence-electron chi connectivity index (χ0n) is 13.4. The Labute approximate surface area is 148 Å². The van der Waals surface area contributed by atoms with Gasteiger partial charge in [0.15, 0.2) is 0 Å². The van der Waals surface area contributed by atoms with Crippen LogP contribution in [0, 0.1) is 13.8 Å². The molecule has 0 fully saturated rings. The Bertz CT molecular complexity index is 1100. The van der Waals surface area contributed by atoms with Crippen LogP contribution in [-0.2, 0) is 13.6 Å². The lowest BCUT2D eigenvalue weighted by atomic mass is 10.2. The second-order valence-electron chi connectivity index (χ2n) is 5.84. The lowest BCUT2D eigenvalue weighted by molar-refractivity contribution is 0.638. The van der Waals surface area contributed by atoms with E-state index in [2.05, 4.69) is 20.2 Å². The molecule has 4 heterocycles. The highest BCUT2D eigenvalue weighted by Gasteiger charge is 2.15. The molecule has 0 unspecified atom stereocenters. The quantitative estimate of drug-likeness (QED) is 0.511. The Morgan fingerprint density at radius 2 is 1.71 bits per heavy atom. The van der Waals surface area contributed by atoms with Gasteiger partial charge in [-0.3, -0.25) is 9.36 Å². The molecule has 0 aliphatic heterocycles. The predicted octanol–water partition coefficient (Wildman–Crippen LogP) is 3.68. The highest BCUT2D eigenvalue weighted by atomic mass is 35.5. The van der Waals surface area contributed by atoms with Crippen LogP contribution in [0.15, 0.2) is 18.3 Å². The summed E-state index contributed by atoms with van der Waals surface area (Å²) in [5.41, 5.74) is 6.05. The second-order valence-corrected chi connectivity index (χ2v) is 6.55. The first-order chi connectivity index (χ1) is 11.4. The molecular formula is C16H14Cl2N6. The van der Waals surface area contributed by atoms with Gasteiger partial charge in [-0.05, 0) is 37.1 Å². The van der Waals surface area contributed by atoms with Crippen molar-refractivity contribution >= 4 is 45.3 Å². The number of aryl methyl sites for hydroxylation is 3. The Balaban J connectivity index is 1.87. The van der Waals surface area contributed by atoms with Gasteiger partial charge in [0.25, 0.3) is 0 Å². The van der Waals surface area contributed by atoms with Crippen LogP contribution in [0.1, 0.15) is 16.8 Å². The van der Waals surface area contributed by atoms with Crippen LogP contribution in [0.5, 0.6) is 0 Å². The zero-order valence-corrected chi connectivity index (χ0v) is 14.9. The van der Waals surface area contributed by atoms with Gasteiger partial charge in [0.1, 0.15) is 26.9 Å². The maximum Gasteiger partial charge on any atom is 0.132 e. The van der Waals surface area contributed by atoms with E-state index < -0.39 is 0 Å². The van der Waals surface area contributed by atoms with E-state index in [-0.39, 0.29) is 0 Å². The SMILES string of the molecule is Cc1cc2c(cnn2Cc2c3nc(Cl)c(C)cc3nn2C)nc1Cl. The van der Waals surface area contributed by atoms with E-state index in [1.165, 1.54) is 0 Å². The van der Waals surface area contributed by atoms with Gasteiger partial charge in [-0.2, -0.15) is 10.2 Å². The smallest absolute Gasteiger partial charge is 0.132 e. The third kappa shape index (κ3) is 2.34. The molecule has 0 bridgehead atoms. The summed E-state index contributed by atoms with van der Waals surface area (Å²) in [5, 5.41) is 9.95. The number of rotatable bonds is 2. The monoisotopic (exact) mass is 360 g/mol. The normalized spacial score (nSPS) is 11.7. The number of fused-ring (bicyclic) bond motifs is 2. The van der Waals surface area contributed by atoms with Crippen LogP contribution < -0.4 is 0 Å². The van der Waals surface area contributed by atoms with Crippen LogP contribution in [0.2, 0.25) is 10.3 Å². The van der Waals surface area contributed by atoms with Crippen molar-refractivity contribution in [3.05, 3.63) is 45.5 Å². The largest absolute Gasteiger partial charge is 0.268 e. The third-order valence-electron chi connectivity index (χ3n) is 4.11. The first kappa shape index (κ1) is 15.4. The molecule has 0 saturated carbocycles. The molecule has 0 spiro atoms.